The summed E-state index contributed by atoms with van der Waals surface area (Å²) in [7, 11) is 1.83. The second-order valence-electron chi connectivity index (χ2n) is 10.5. The zero-order valence-corrected chi connectivity index (χ0v) is 23.2. The molecule has 1 aliphatic carbocycles. The molecule has 0 radical (unpaired) electrons. The Kier molecular flexibility index (Phi) is 8.45. The average Bonchev–Trinajstić information content (AvgIpc) is 3.70. The number of nitrogens with one attached hydrogen (secondary N) is 1. The number of carboxylic acids is 1. The van der Waals surface area contributed by atoms with Gasteiger partial charge in [0.2, 0.25) is 0 Å². The molecule has 2 aliphatic rings. The number of nitrogens with zero attached hydrogens (tertiary/aromatic N) is 5. The summed E-state index contributed by atoms with van der Waals surface area (Å²) in [6.45, 7) is 3.42. The fourth-order valence-corrected chi connectivity index (χ4v) is 5.49. The lowest BCUT2D eigenvalue weighted by Gasteiger charge is -2.29. The zero-order chi connectivity index (χ0) is 30.9. The summed E-state index contributed by atoms with van der Waals surface area (Å²) in [5.74, 6) is -2.10. The van der Waals surface area contributed by atoms with Crippen molar-refractivity contribution < 1.29 is 41.0 Å². The molecule has 0 amide bonds. The van der Waals surface area contributed by atoms with Crippen molar-refractivity contribution in [2.45, 2.75) is 50.6 Å². The lowest BCUT2D eigenvalue weighted by Crippen LogP contribution is -2.36. The van der Waals surface area contributed by atoms with E-state index in [1.54, 1.807) is 0 Å². The van der Waals surface area contributed by atoms with Crippen LogP contribution in [-0.2, 0) is 29.3 Å². The minimum Gasteiger partial charge on any atom is -0.475 e. The smallest absolute Gasteiger partial charge is 0.475 e. The number of hydrogen-bond donors (Lipinski definition) is 2. The summed E-state index contributed by atoms with van der Waals surface area (Å²) < 4.78 is 81.0. The van der Waals surface area contributed by atoms with Crippen LogP contribution in [-0.4, -0.2) is 62.7 Å². The molecule has 0 unspecified atom stereocenters. The second kappa shape index (κ2) is 11.9. The molecule has 15 heteroatoms. The highest BCUT2D eigenvalue weighted by molar-refractivity contribution is 5.92. The van der Waals surface area contributed by atoms with Crippen molar-refractivity contribution in [2.75, 3.05) is 36.5 Å². The molecule has 232 valence electrons. The number of halogens is 6. The molecule has 0 atom stereocenters. The van der Waals surface area contributed by atoms with Gasteiger partial charge in [0.05, 0.1) is 53.9 Å². The third kappa shape index (κ3) is 6.65. The topological polar surface area (TPSA) is 97.4 Å². The van der Waals surface area contributed by atoms with Crippen molar-refractivity contribution in [1.29, 1.82) is 0 Å². The van der Waals surface area contributed by atoms with Gasteiger partial charge in [-0.15, -0.1) is 0 Å². The number of fused-ring (bicyclic) bond motifs is 2. The van der Waals surface area contributed by atoms with Crippen LogP contribution in [0.4, 0.5) is 37.7 Å². The Hall–Kier alpha value is -4.01. The van der Waals surface area contributed by atoms with Crippen LogP contribution in [0.2, 0.25) is 0 Å². The van der Waals surface area contributed by atoms with Gasteiger partial charge in [-0.2, -0.15) is 26.3 Å². The fraction of sp³-hybridized carbons (Fsp3) is 0.464. The molecule has 3 heterocycles. The number of imidazole rings is 2. The normalized spacial score (nSPS) is 16.5. The van der Waals surface area contributed by atoms with Crippen LogP contribution < -0.4 is 10.2 Å². The van der Waals surface area contributed by atoms with E-state index in [9.17, 15) is 26.3 Å². The van der Waals surface area contributed by atoms with Crippen LogP contribution in [0.1, 0.15) is 43.1 Å². The SMILES string of the molecule is Cn1c(CNc2cc(N3CCOCC3)cc3c2ncn3C2CCCC2)nc2cc(C(F)(F)F)ccc21.O=C(O)C(F)(F)F. The van der Waals surface area contributed by atoms with Gasteiger partial charge in [0.25, 0.3) is 0 Å². The van der Waals surface area contributed by atoms with Crippen LogP contribution in [0.3, 0.4) is 0 Å². The molecule has 6 rings (SSSR count). The molecular weight excluding hydrogens is 582 g/mol. The molecule has 2 fully saturated rings. The van der Waals surface area contributed by atoms with Gasteiger partial charge in [-0.05, 0) is 43.2 Å². The molecule has 1 saturated carbocycles. The van der Waals surface area contributed by atoms with E-state index in [-0.39, 0.29) is 0 Å². The molecule has 1 aliphatic heterocycles. The molecule has 9 nitrogen and oxygen atoms in total. The van der Waals surface area contributed by atoms with E-state index < -0.39 is 23.9 Å². The summed E-state index contributed by atoms with van der Waals surface area (Å²) in [4.78, 5) is 20.5. The van der Waals surface area contributed by atoms with E-state index in [2.05, 4.69) is 31.9 Å². The van der Waals surface area contributed by atoms with Gasteiger partial charge >= 0.3 is 18.3 Å². The minimum atomic E-state index is -5.08. The maximum absolute atomic E-state index is 13.2. The Bertz CT molecular complexity index is 1600. The van der Waals surface area contributed by atoms with Crippen LogP contribution in [0, 0.1) is 0 Å². The third-order valence-electron chi connectivity index (χ3n) is 7.74. The molecule has 2 aromatic heterocycles. The maximum Gasteiger partial charge on any atom is 0.490 e. The van der Waals surface area contributed by atoms with Crippen molar-refractivity contribution in [2.24, 2.45) is 7.05 Å². The third-order valence-corrected chi connectivity index (χ3v) is 7.74. The quantitative estimate of drug-likeness (QED) is 0.262. The number of alkyl halides is 6. The van der Waals surface area contributed by atoms with E-state index in [1.807, 2.05) is 17.9 Å². The zero-order valence-electron chi connectivity index (χ0n) is 23.2. The van der Waals surface area contributed by atoms with Crippen molar-refractivity contribution in [3.8, 4) is 0 Å². The first-order chi connectivity index (χ1) is 20.3. The summed E-state index contributed by atoms with van der Waals surface area (Å²) in [6, 6.07) is 8.50. The summed E-state index contributed by atoms with van der Waals surface area (Å²) in [6.07, 6.45) is -2.73. The fourth-order valence-electron chi connectivity index (χ4n) is 5.49. The predicted molar refractivity (Wildman–Crippen MR) is 147 cm³/mol. The maximum atomic E-state index is 13.2. The van der Waals surface area contributed by atoms with Crippen molar-refractivity contribution in [3.05, 3.63) is 48.0 Å². The Balaban J connectivity index is 0.000000472. The Morgan fingerprint density at radius 2 is 1.72 bits per heavy atom. The van der Waals surface area contributed by atoms with E-state index >= 15 is 0 Å². The monoisotopic (exact) mass is 612 g/mol. The number of hydrogen-bond acceptors (Lipinski definition) is 6. The van der Waals surface area contributed by atoms with Gasteiger partial charge in [0.1, 0.15) is 11.3 Å². The standard InChI is InChI=1S/C26H29F3N6O.C2HF3O2/c1-33-22-7-6-17(26(27,28)29)12-20(22)32-24(33)15-30-21-13-19(34-8-10-36-11-9-34)14-23-25(21)31-16-35(23)18-4-2-3-5-18;3-2(4,5)1(6)7/h6-7,12-14,16,18,30H,2-5,8-11,15H2,1H3;(H,6,7). The molecule has 43 heavy (non-hydrogen) atoms. The first-order valence-corrected chi connectivity index (χ1v) is 13.7. The second-order valence-corrected chi connectivity index (χ2v) is 10.5. The number of aromatic nitrogens is 4. The van der Waals surface area contributed by atoms with Gasteiger partial charge in [-0.1, -0.05) is 12.8 Å². The molecule has 0 spiro atoms. The first-order valence-electron chi connectivity index (χ1n) is 13.7. The van der Waals surface area contributed by atoms with Crippen molar-refractivity contribution >= 4 is 39.4 Å². The highest BCUT2D eigenvalue weighted by Crippen LogP contribution is 2.37. The van der Waals surface area contributed by atoms with Gasteiger partial charge in [-0.25, -0.2) is 14.8 Å². The number of rotatable bonds is 5. The number of benzene rings is 2. The summed E-state index contributed by atoms with van der Waals surface area (Å²) in [5.41, 5.74) is 4.33. The lowest BCUT2D eigenvalue weighted by molar-refractivity contribution is -0.192. The van der Waals surface area contributed by atoms with Gasteiger partial charge in [-0.3, -0.25) is 0 Å². The molecule has 2 N–H and O–H groups in total. The molecule has 1 saturated heterocycles. The van der Waals surface area contributed by atoms with Crippen LogP contribution in [0.5, 0.6) is 0 Å². The molecular formula is C28H30F6N6O3. The van der Waals surface area contributed by atoms with Crippen molar-refractivity contribution in [1.82, 2.24) is 19.1 Å². The van der Waals surface area contributed by atoms with Crippen LogP contribution >= 0.6 is 0 Å². The Labute approximate surface area is 242 Å². The highest BCUT2D eigenvalue weighted by atomic mass is 19.4. The Morgan fingerprint density at radius 1 is 1.05 bits per heavy atom. The number of ether oxygens (including phenoxy) is 1. The van der Waals surface area contributed by atoms with Crippen LogP contribution in [0.25, 0.3) is 22.1 Å². The van der Waals surface area contributed by atoms with Crippen LogP contribution in [0.15, 0.2) is 36.7 Å². The number of carbonyl (C=O) groups is 1. The number of morpholine rings is 1. The summed E-state index contributed by atoms with van der Waals surface area (Å²) in [5, 5.41) is 10.6. The number of aliphatic carboxylic acids is 1. The van der Waals surface area contributed by atoms with E-state index in [4.69, 9.17) is 19.6 Å². The minimum absolute atomic E-state index is 0.335. The molecule has 2 aromatic carbocycles. The number of aryl methyl sites for hydroxylation is 1. The summed E-state index contributed by atoms with van der Waals surface area (Å²) >= 11 is 0. The molecule has 0 bridgehead atoms. The Morgan fingerprint density at radius 3 is 2.35 bits per heavy atom. The van der Waals surface area contributed by atoms with Gasteiger partial charge in [0.15, 0.2) is 0 Å². The average molecular weight is 613 g/mol. The van der Waals surface area contributed by atoms with Gasteiger partial charge < -0.3 is 29.2 Å². The lowest BCUT2D eigenvalue weighted by atomic mass is 10.2. The number of anilines is 2. The van der Waals surface area contributed by atoms with E-state index in [0.717, 1.165) is 60.5 Å². The van der Waals surface area contributed by atoms with E-state index in [0.29, 0.717) is 42.7 Å². The molecule has 4 aromatic rings. The predicted octanol–water partition coefficient (Wildman–Crippen LogP) is 6.14. The number of carboxylic acid groups (broad SMARTS) is 1. The van der Waals surface area contributed by atoms with Crippen molar-refractivity contribution in [3.63, 3.8) is 0 Å². The highest BCUT2D eigenvalue weighted by Gasteiger charge is 2.38. The first kappa shape index (κ1) is 30.4. The van der Waals surface area contributed by atoms with Gasteiger partial charge in [0, 0.05) is 31.9 Å². The largest absolute Gasteiger partial charge is 0.490 e. The van der Waals surface area contributed by atoms with E-state index in [1.165, 1.54) is 18.9 Å².